The molecule has 0 radical (unpaired) electrons. The second kappa shape index (κ2) is 13.9. The highest BCUT2D eigenvalue weighted by Gasteiger charge is 2.14. The molecule has 2 aromatic carbocycles. The zero-order valence-corrected chi connectivity index (χ0v) is 22.2. The Morgan fingerprint density at radius 3 is 2.62 bits per heavy atom. The van der Waals surface area contributed by atoms with E-state index in [4.69, 9.17) is 18.6 Å². The number of carbonyl (C=O) groups is 2. The Morgan fingerprint density at radius 1 is 1.11 bits per heavy atom. The minimum absolute atomic E-state index is 0.0843. The summed E-state index contributed by atoms with van der Waals surface area (Å²) in [5.41, 5.74) is 1.58. The Hall–Kier alpha value is -4.03. The fourth-order valence-electron chi connectivity index (χ4n) is 3.25. The molecule has 0 atom stereocenters. The van der Waals surface area contributed by atoms with Gasteiger partial charge in [0.1, 0.15) is 23.2 Å². The number of hydrogen-bond donors (Lipinski definition) is 1. The second-order valence-corrected chi connectivity index (χ2v) is 8.79. The van der Waals surface area contributed by atoms with Crippen LogP contribution in [0.4, 0.5) is 0 Å². The Kier molecular flexibility index (Phi) is 10.4. The van der Waals surface area contributed by atoms with Crippen LogP contribution >= 0.6 is 15.9 Å². The quantitative estimate of drug-likeness (QED) is 0.0978. The van der Waals surface area contributed by atoms with Gasteiger partial charge in [-0.2, -0.15) is 5.26 Å². The fourth-order valence-corrected chi connectivity index (χ4v) is 3.86. The van der Waals surface area contributed by atoms with E-state index in [1.54, 1.807) is 37.3 Å². The van der Waals surface area contributed by atoms with Crippen LogP contribution in [-0.4, -0.2) is 25.1 Å². The smallest absolute Gasteiger partial charge is 0.311 e. The molecule has 3 aromatic rings. The van der Waals surface area contributed by atoms with Crippen LogP contribution in [0, 0.1) is 18.3 Å². The minimum atomic E-state index is -0.535. The summed E-state index contributed by atoms with van der Waals surface area (Å²) in [6.45, 7) is 4.66. The first kappa shape index (κ1) is 27.6. The molecule has 9 heteroatoms. The van der Waals surface area contributed by atoms with Gasteiger partial charge in [-0.25, -0.2) is 0 Å². The summed E-state index contributed by atoms with van der Waals surface area (Å²) in [4.78, 5) is 24.8. The molecule has 37 heavy (non-hydrogen) atoms. The van der Waals surface area contributed by atoms with Gasteiger partial charge in [0.15, 0.2) is 11.5 Å². The van der Waals surface area contributed by atoms with Crippen LogP contribution < -0.4 is 19.5 Å². The third kappa shape index (κ3) is 8.54. The van der Waals surface area contributed by atoms with Gasteiger partial charge in [0, 0.05) is 6.42 Å². The molecule has 0 bridgehead atoms. The Bertz CT molecular complexity index is 1290. The maximum Gasteiger partial charge on any atom is 0.311 e. The first-order chi connectivity index (χ1) is 17.9. The van der Waals surface area contributed by atoms with Gasteiger partial charge in [0.05, 0.1) is 30.5 Å². The van der Waals surface area contributed by atoms with Crippen molar-refractivity contribution in [1.29, 1.82) is 5.26 Å². The number of nitrogens with zero attached hydrogens (tertiary/aromatic N) is 1. The maximum atomic E-state index is 12.4. The molecule has 1 heterocycles. The highest BCUT2D eigenvalue weighted by Crippen LogP contribution is 2.30. The van der Waals surface area contributed by atoms with Gasteiger partial charge in [-0.05, 0) is 89.8 Å². The predicted molar refractivity (Wildman–Crippen MR) is 141 cm³/mol. The molecule has 0 unspecified atom stereocenters. The third-order valence-corrected chi connectivity index (χ3v) is 5.66. The van der Waals surface area contributed by atoms with Gasteiger partial charge < -0.3 is 23.9 Å². The standard InChI is InChI=1S/C28H27BrN2O6/c1-3-34-26-16-20(15-21(17-30)28(33)31-18-22-6-4-12-35-22)9-11-25(26)37-27(32)7-5-13-36-24-10-8-19(2)14-23(24)29/h4,6,8-12,14-16H,3,5,7,13,18H2,1-2H3,(H,31,33)/b21-15+. The van der Waals surface area contributed by atoms with Crippen LogP contribution in [-0.2, 0) is 16.1 Å². The van der Waals surface area contributed by atoms with Crippen molar-refractivity contribution < 1.29 is 28.2 Å². The van der Waals surface area contributed by atoms with Crippen molar-refractivity contribution in [2.75, 3.05) is 13.2 Å². The normalized spacial score (nSPS) is 10.9. The lowest BCUT2D eigenvalue weighted by molar-refractivity contribution is -0.134. The van der Waals surface area contributed by atoms with E-state index in [0.717, 1.165) is 10.0 Å². The van der Waals surface area contributed by atoms with E-state index < -0.39 is 11.9 Å². The molecule has 0 aliphatic carbocycles. The van der Waals surface area contributed by atoms with Crippen LogP contribution in [0.25, 0.3) is 6.08 Å². The average molecular weight is 567 g/mol. The van der Waals surface area contributed by atoms with E-state index in [1.807, 2.05) is 31.2 Å². The van der Waals surface area contributed by atoms with Crippen LogP contribution in [0.5, 0.6) is 17.2 Å². The number of amides is 1. The molecule has 3 rings (SSSR count). The molecule has 0 fully saturated rings. The number of rotatable bonds is 12. The molecule has 0 aliphatic heterocycles. The molecular weight excluding hydrogens is 540 g/mol. The van der Waals surface area contributed by atoms with E-state index in [0.29, 0.717) is 42.5 Å². The third-order valence-electron chi connectivity index (χ3n) is 5.04. The predicted octanol–water partition coefficient (Wildman–Crippen LogP) is 5.74. The summed E-state index contributed by atoms with van der Waals surface area (Å²) >= 11 is 3.47. The molecule has 0 spiro atoms. The zero-order valence-electron chi connectivity index (χ0n) is 20.6. The number of aryl methyl sites for hydroxylation is 1. The minimum Gasteiger partial charge on any atom is -0.492 e. The largest absolute Gasteiger partial charge is 0.492 e. The van der Waals surface area contributed by atoms with Crippen molar-refractivity contribution in [2.45, 2.75) is 33.2 Å². The highest BCUT2D eigenvalue weighted by atomic mass is 79.9. The van der Waals surface area contributed by atoms with E-state index in [-0.39, 0.29) is 24.3 Å². The monoisotopic (exact) mass is 566 g/mol. The van der Waals surface area contributed by atoms with E-state index in [1.165, 1.54) is 12.3 Å². The number of nitrogens with one attached hydrogen (secondary N) is 1. The SMILES string of the molecule is CCOc1cc(/C=C(\C#N)C(=O)NCc2ccco2)ccc1OC(=O)CCCOc1ccc(C)cc1Br. The molecule has 1 N–H and O–H groups in total. The molecule has 0 aliphatic rings. The molecule has 1 amide bonds. The van der Waals surface area contributed by atoms with Gasteiger partial charge in [-0.15, -0.1) is 0 Å². The first-order valence-electron chi connectivity index (χ1n) is 11.7. The first-order valence-corrected chi connectivity index (χ1v) is 12.5. The number of carbonyl (C=O) groups excluding carboxylic acids is 2. The van der Waals surface area contributed by atoms with Crippen molar-refractivity contribution in [1.82, 2.24) is 5.32 Å². The van der Waals surface area contributed by atoms with Crippen molar-refractivity contribution in [3.63, 3.8) is 0 Å². The summed E-state index contributed by atoms with van der Waals surface area (Å²) in [5, 5.41) is 12.1. The second-order valence-electron chi connectivity index (χ2n) is 7.93. The van der Waals surface area contributed by atoms with Gasteiger partial charge in [-0.1, -0.05) is 12.1 Å². The number of halogens is 1. The van der Waals surface area contributed by atoms with Crippen LogP contribution in [0.1, 0.15) is 36.7 Å². The van der Waals surface area contributed by atoms with Crippen LogP contribution in [0.15, 0.2) is 69.3 Å². The zero-order chi connectivity index (χ0) is 26.6. The van der Waals surface area contributed by atoms with Crippen molar-refractivity contribution in [3.05, 3.63) is 81.7 Å². The number of nitriles is 1. The lowest BCUT2D eigenvalue weighted by atomic mass is 10.1. The summed E-state index contributed by atoms with van der Waals surface area (Å²) in [6, 6.07) is 16.0. The Labute approximate surface area is 224 Å². The lowest BCUT2D eigenvalue weighted by Gasteiger charge is -2.12. The lowest BCUT2D eigenvalue weighted by Crippen LogP contribution is -2.23. The van der Waals surface area contributed by atoms with Crippen molar-refractivity contribution in [2.24, 2.45) is 0 Å². The number of esters is 1. The molecular formula is C28H27BrN2O6. The van der Waals surface area contributed by atoms with Gasteiger partial charge >= 0.3 is 5.97 Å². The Morgan fingerprint density at radius 2 is 1.92 bits per heavy atom. The number of hydrogen-bond acceptors (Lipinski definition) is 7. The van der Waals surface area contributed by atoms with Gasteiger partial charge in [0.2, 0.25) is 0 Å². The number of ether oxygens (including phenoxy) is 3. The van der Waals surface area contributed by atoms with Gasteiger partial charge in [-0.3, -0.25) is 9.59 Å². The fraction of sp³-hybridized carbons (Fsp3) is 0.250. The topological polar surface area (TPSA) is 111 Å². The van der Waals surface area contributed by atoms with Crippen LogP contribution in [0.2, 0.25) is 0 Å². The van der Waals surface area contributed by atoms with Crippen LogP contribution in [0.3, 0.4) is 0 Å². The summed E-state index contributed by atoms with van der Waals surface area (Å²) < 4.78 is 22.9. The van der Waals surface area contributed by atoms with E-state index in [9.17, 15) is 14.9 Å². The molecule has 1 aromatic heterocycles. The van der Waals surface area contributed by atoms with Gasteiger partial charge in [0.25, 0.3) is 5.91 Å². The highest BCUT2D eigenvalue weighted by molar-refractivity contribution is 9.10. The summed E-state index contributed by atoms with van der Waals surface area (Å²) in [5.74, 6) is 0.917. The number of benzene rings is 2. The molecule has 192 valence electrons. The van der Waals surface area contributed by atoms with E-state index in [2.05, 4.69) is 21.2 Å². The van der Waals surface area contributed by atoms with Crippen molar-refractivity contribution in [3.8, 4) is 23.3 Å². The summed E-state index contributed by atoms with van der Waals surface area (Å²) in [6.07, 6.45) is 3.57. The van der Waals surface area contributed by atoms with Crippen molar-refractivity contribution >= 4 is 33.9 Å². The molecule has 0 saturated heterocycles. The average Bonchev–Trinajstić information content (AvgIpc) is 3.40. The summed E-state index contributed by atoms with van der Waals surface area (Å²) in [7, 11) is 0. The maximum absolute atomic E-state index is 12.4. The van der Waals surface area contributed by atoms with E-state index >= 15 is 0 Å². The Balaban J connectivity index is 1.58. The number of furan rings is 1. The molecule has 8 nitrogen and oxygen atoms in total. The molecule has 0 saturated carbocycles.